The maximum atomic E-state index is 14.1. The normalized spacial score (nSPS) is 18.0. The standard InChI is InChI=1S/C12H14ClFO2/c1-2-16-11-9(13)5-4-8(10(11)14)12(15)6-3-7-12/h4-5,15H,2-3,6-7H2,1H3. The highest BCUT2D eigenvalue weighted by Gasteiger charge is 2.39. The first-order chi connectivity index (χ1) is 7.58. The zero-order chi connectivity index (χ0) is 11.8. The van der Waals surface area contributed by atoms with Crippen LogP contribution >= 0.6 is 11.6 Å². The summed E-state index contributed by atoms with van der Waals surface area (Å²) >= 11 is 5.84. The van der Waals surface area contributed by atoms with Crippen LogP contribution in [0.4, 0.5) is 4.39 Å². The van der Waals surface area contributed by atoms with Gasteiger partial charge in [0.25, 0.3) is 0 Å². The van der Waals surface area contributed by atoms with E-state index in [0.29, 0.717) is 25.0 Å². The SMILES string of the molecule is CCOc1c(Cl)ccc(C2(O)CCC2)c1F. The Morgan fingerprint density at radius 1 is 1.50 bits per heavy atom. The molecule has 1 saturated carbocycles. The quantitative estimate of drug-likeness (QED) is 0.885. The molecular formula is C12H14ClFO2. The van der Waals surface area contributed by atoms with Crippen molar-refractivity contribution in [3.8, 4) is 5.75 Å². The first-order valence-electron chi connectivity index (χ1n) is 5.42. The Balaban J connectivity index is 2.43. The number of aliphatic hydroxyl groups is 1. The molecule has 0 spiro atoms. The van der Waals surface area contributed by atoms with Gasteiger partial charge in [-0.25, -0.2) is 4.39 Å². The average Bonchev–Trinajstić information content (AvgIpc) is 2.21. The third-order valence-electron chi connectivity index (χ3n) is 3.02. The molecule has 1 aromatic carbocycles. The van der Waals surface area contributed by atoms with Gasteiger partial charge in [0.05, 0.1) is 17.2 Å². The van der Waals surface area contributed by atoms with E-state index in [1.54, 1.807) is 19.1 Å². The van der Waals surface area contributed by atoms with Crippen LogP contribution < -0.4 is 4.74 Å². The fourth-order valence-corrected chi connectivity index (χ4v) is 2.15. The van der Waals surface area contributed by atoms with Gasteiger partial charge < -0.3 is 9.84 Å². The Kier molecular flexibility index (Phi) is 3.08. The Morgan fingerprint density at radius 2 is 2.19 bits per heavy atom. The van der Waals surface area contributed by atoms with Gasteiger partial charge in [-0.3, -0.25) is 0 Å². The van der Waals surface area contributed by atoms with Crippen LogP contribution in [0.5, 0.6) is 5.75 Å². The highest BCUT2D eigenvalue weighted by molar-refractivity contribution is 6.32. The van der Waals surface area contributed by atoms with Gasteiger partial charge in [-0.05, 0) is 32.3 Å². The number of ether oxygens (including phenoxy) is 1. The van der Waals surface area contributed by atoms with Crippen molar-refractivity contribution in [2.45, 2.75) is 31.8 Å². The van der Waals surface area contributed by atoms with Gasteiger partial charge >= 0.3 is 0 Å². The van der Waals surface area contributed by atoms with Crippen LogP contribution in [0.15, 0.2) is 12.1 Å². The third-order valence-corrected chi connectivity index (χ3v) is 3.32. The van der Waals surface area contributed by atoms with Crippen molar-refractivity contribution in [3.63, 3.8) is 0 Å². The summed E-state index contributed by atoms with van der Waals surface area (Å²) in [5.74, 6) is -0.487. The molecule has 0 aliphatic heterocycles. The fourth-order valence-electron chi connectivity index (χ4n) is 1.95. The van der Waals surface area contributed by atoms with Gasteiger partial charge in [0.15, 0.2) is 11.6 Å². The molecule has 88 valence electrons. The topological polar surface area (TPSA) is 29.5 Å². The third kappa shape index (κ3) is 1.78. The molecule has 2 rings (SSSR count). The molecule has 0 heterocycles. The van der Waals surface area contributed by atoms with Gasteiger partial charge in [-0.1, -0.05) is 17.7 Å². The smallest absolute Gasteiger partial charge is 0.173 e. The molecular weight excluding hydrogens is 231 g/mol. The minimum absolute atomic E-state index is 0.0435. The summed E-state index contributed by atoms with van der Waals surface area (Å²) in [5, 5.41) is 10.3. The predicted octanol–water partition coefficient (Wildman–Crippen LogP) is 3.25. The molecule has 0 radical (unpaired) electrons. The highest BCUT2D eigenvalue weighted by Crippen LogP contribution is 2.44. The summed E-state index contributed by atoms with van der Waals surface area (Å²) in [5.41, 5.74) is -0.729. The van der Waals surface area contributed by atoms with Crippen molar-refractivity contribution in [1.82, 2.24) is 0 Å². The molecule has 0 amide bonds. The minimum Gasteiger partial charge on any atom is -0.489 e. The van der Waals surface area contributed by atoms with E-state index in [0.717, 1.165) is 6.42 Å². The molecule has 1 aromatic rings. The van der Waals surface area contributed by atoms with Crippen LogP contribution in [0.25, 0.3) is 0 Å². The van der Waals surface area contributed by atoms with E-state index in [1.165, 1.54) is 0 Å². The molecule has 1 aliphatic carbocycles. The molecule has 0 aromatic heterocycles. The van der Waals surface area contributed by atoms with E-state index in [4.69, 9.17) is 16.3 Å². The van der Waals surface area contributed by atoms with Gasteiger partial charge in [0.2, 0.25) is 0 Å². The monoisotopic (exact) mass is 244 g/mol. The Hall–Kier alpha value is -0.800. The molecule has 1 N–H and O–H groups in total. The summed E-state index contributed by atoms with van der Waals surface area (Å²) in [6, 6.07) is 3.11. The molecule has 0 atom stereocenters. The lowest BCUT2D eigenvalue weighted by atomic mass is 9.75. The van der Waals surface area contributed by atoms with E-state index in [2.05, 4.69) is 0 Å². The summed E-state index contributed by atoms with van der Waals surface area (Å²) in [6.07, 6.45) is 2.11. The van der Waals surface area contributed by atoms with Crippen LogP contribution in [-0.2, 0) is 5.60 Å². The van der Waals surface area contributed by atoms with Crippen molar-refractivity contribution < 1.29 is 14.2 Å². The maximum Gasteiger partial charge on any atom is 0.173 e. The Labute approximate surface area is 99.0 Å². The van der Waals surface area contributed by atoms with Gasteiger partial charge in [0.1, 0.15) is 0 Å². The minimum atomic E-state index is -1.03. The lowest BCUT2D eigenvalue weighted by Gasteiger charge is -2.37. The van der Waals surface area contributed by atoms with E-state index in [9.17, 15) is 9.50 Å². The molecule has 1 fully saturated rings. The summed E-state index contributed by atoms with van der Waals surface area (Å²) in [7, 11) is 0. The van der Waals surface area contributed by atoms with Gasteiger partial charge in [-0.15, -0.1) is 0 Å². The zero-order valence-corrected chi connectivity index (χ0v) is 9.85. The summed E-state index contributed by atoms with van der Waals surface area (Å²) < 4.78 is 19.2. The molecule has 4 heteroatoms. The second-order valence-electron chi connectivity index (χ2n) is 4.06. The van der Waals surface area contributed by atoms with E-state index < -0.39 is 11.4 Å². The summed E-state index contributed by atoms with van der Waals surface area (Å²) in [6.45, 7) is 2.11. The highest BCUT2D eigenvalue weighted by atomic mass is 35.5. The van der Waals surface area contributed by atoms with Crippen LogP contribution in [-0.4, -0.2) is 11.7 Å². The van der Waals surface area contributed by atoms with Crippen molar-refractivity contribution in [2.24, 2.45) is 0 Å². The average molecular weight is 245 g/mol. The lowest BCUT2D eigenvalue weighted by Crippen LogP contribution is -2.34. The molecule has 1 aliphatic rings. The van der Waals surface area contributed by atoms with Crippen molar-refractivity contribution in [3.05, 3.63) is 28.5 Å². The zero-order valence-electron chi connectivity index (χ0n) is 9.09. The van der Waals surface area contributed by atoms with Crippen molar-refractivity contribution in [1.29, 1.82) is 0 Å². The Morgan fingerprint density at radius 3 is 2.69 bits per heavy atom. The Bertz CT molecular complexity index is 402. The van der Waals surface area contributed by atoms with Crippen LogP contribution in [0.3, 0.4) is 0 Å². The van der Waals surface area contributed by atoms with E-state index in [1.807, 2.05) is 0 Å². The van der Waals surface area contributed by atoms with Gasteiger partial charge in [0, 0.05) is 5.56 Å². The first-order valence-corrected chi connectivity index (χ1v) is 5.80. The summed E-state index contributed by atoms with van der Waals surface area (Å²) in [4.78, 5) is 0. The van der Waals surface area contributed by atoms with Gasteiger partial charge in [-0.2, -0.15) is 0 Å². The molecule has 2 nitrogen and oxygen atoms in total. The molecule has 0 saturated heterocycles. The number of halogens is 2. The maximum absolute atomic E-state index is 14.1. The van der Waals surface area contributed by atoms with Crippen LogP contribution in [0.2, 0.25) is 5.02 Å². The van der Waals surface area contributed by atoms with Crippen LogP contribution in [0, 0.1) is 5.82 Å². The molecule has 16 heavy (non-hydrogen) atoms. The fraction of sp³-hybridized carbons (Fsp3) is 0.500. The largest absolute Gasteiger partial charge is 0.489 e. The number of benzene rings is 1. The van der Waals surface area contributed by atoms with E-state index >= 15 is 0 Å². The number of hydrogen-bond donors (Lipinski definition) is 1. The predicted molar refractivity (Wildman–Crippen MR) is 60.3 cm³/mol. The number of rotatable bonds is 3. The lowest BCUT2D eigenvalue weighted by molar-refractivity contribution is -0.0419. The molecule has 0 bridgehead atoms. The second-order valence-corrected chi connectivity index (χ2v) is 4.46. The van der Waals surface area contributed by atoms with Crippen LogP contribution in [0.1, 0.15) is 31.7 Å². The van der Waals surface area contributed by atoms with Crippen molar-refractivity contribution in [2.75, 3.05) is 6.61 Å². The molecule has 0 unspecified atom stereocenters. The van der Waals surface area contributed by atoms with Crippen molar-refractivity contribution >= 4 is 11.6 Å². The second kappa shape index (κ2) is 4.22. The first kappa shape index (κ1) is 11.7. The number of hydrogen-bond acceptors (Lipinski definition) is 2. The van der Waals surface area contributed by atoms with E-state index in [-0.39, 0.29) is 10.8 Å².